The van der Waals surface area contributed by atoms with Gasteiger partial charge in [0.05, 0.1) is 11.1 Å². The average Bonchev–Trinajstić information content (AvgIpc) is 3.61. The van der Waals surface area contributed by atoms with Crippen molar-refractivity contribution in [3.8, 4) is 0 Å². The van der Waals surface area contributed by atoms with Crippen molar-refractivity contribution in [2.24, 2.45) is 0 Å². The number of carbonyl (C=O) groups excluding carboxylic acids is 3. The molecule has 4 amide bonds. The van der Waals surface area contributed by atoms with E-state index in [1.165, 1.54) is 4.90 Å². The van der Waals surface area contributed by atoms with Crippen LogP contribution in [0.15, 0.2) is 22.7 Å². The van der Waals surface area contributed by atoms with E-state index in [-0.39, 0.29) is 17.9 Å². The SMILES string of the molecule is O=C(NCCc1nc(C2CC2)no1)Nc1ccc2c(c1)C(=O)N(C1CC1)C2=O. The van der Waals surface area contributed by atoms with Crippen molar-refractivity contribution in [1.29, 1.82) is 0 Å². The average molecular weight is 381 g/mol. The Hall–Kier alpha value is -3.23. The molecule has 3 aliphatic rings. The fraction of sp³-hybridized carbons (Fsp3) is 0.421. The summed E-state index contributed by atoms with van der Waals surface area (Å²) >= 11 is 0. The van der Waals surface area contributed by atoms with Crippen molar-refractivity contribution >= 4 is 23.5 Å². The highest BCUT2D eigenvalue weighted by molar-refractivity contribution is 6.22. The third-order valence-electron chi connectivity index (χ3n) is 5.14. The number of rotatable bonds is 6. The predicted molar refractivity (Wildman–Crippen MR) is 97.0 cm³/mol. The standard InChI is InChI=1S/C19H19N5O4/c25-17-13-6-3-11(9-14(13)18(26)24(17)12-4-5-12)21-19(27)20-8-7-15-22-16(23-28-15)10-1-2-10/h3,6,9-10,12H,1-2,4-5,7-8H2,(H2,20,21,27). The van der Waals surface area contributed by atoms with Crippen molar-refractivity contribution in [2.75, 3.05) is 11.9 Å². The first kappa shape index (κ1) is 16.9. The number of imide groups is 1. The summed E-state index contributed by atoms with van der Waals surface area (Å²) in [5, 5.41) is 9.34. The molecule has 0 saturated heterocycles. The third-order valence-corrected chi connectivity index (χ3v) is 5.14. The van der Waals surface area contributed by atoms with Crippen LogP contribution in [0.2, 0.25) is 0 Å². The van der Waals surface area contributed by atoms with Crippen LogP contribution in [0, 0.1) is 0 Å². The molecule has 0 spiro atoms. The lowest BCUT2D eigenvalue weighted by Gasteiger charge is -2.11. The Bertz CT molecular complexity index is 976. The van der Waals surface area contributed by atoms with Gasteiger partial charge in [0, 0.05) is 30.6 Å². The molecule has 2 N–H and O–H groups in total. The molecule has 0 radical (unpaired) electrons. The Morgan fingerprint density at radius 1 is 1.14 bits per heavy atom. The highest BCUT2D eigenvalue weighted by Crippen LogP contribution is 2.38. The van der Waals surface area contributed by atoms with Crippen LogP contribution in [0.4, 0.5) is 10.5 Å². The van der Waals surface area contributed by atoms with Crippen molar-refractivity contribution in [1.82, 2.24) is 20.4 Å². The van der Waals surface area contributed by atoms with Crippen molar-refractivity contribution in [3.63, 3.8) is 0 Å². The van der Waals surface area contributed by atoms with E-state index < -0.39 is 6.03 Å². The fourth-order valence-corrected chi connectivity index (χ4v) is 3.34. The number of amides is 4. The Labute approximate surface area is 160 Å². The Morgan fingerprint density at radius 3 is 2.68 bits per heavy atom. The molecule has 5 rings (SSSR count). The molecule has 1 aromatic carbocycles. The molecule has 144 valence electrons. The number of carbonyl (C=O) groups is 3. The zero-order valence-corrected chi connectivity index (χ0v) is 15.1. The van der Waals surface area contributed by atoms with Crippen LogP contribution in [0.3, 0.4) is 0 Å². The lowest BCUT2D eigenvalue weighted by molar-refractivity contribution is 0.0642. The molecule has 2 heterocycles. The molecule has 0 unspecified atom stereocenters. The van der Waals surface area contributed by atoms with Crippen molar-refractivity contribution in [3.05, 3.63) is 41.0 Å². The molecule has 1 aromatic heterocycles. The minimum Gasteiger partial charge on any atom is -0.339 e. The summed E-state index contributed by atoms with van der Waals surface area (Å²) in [5.74, 6) is 1.15. The second-order valence-corrected chi connectivity index (χ2v) is 7.42. The molecular formula is C19H19N5O4. The molecule has 1 aliphatic heterocycles. The van der Waals surface area contributed by atoms with Crippen LogP contribution < -0.4 is 10.6 Å². The van der Waals surface area contributed by atoms with Crippen LogP contribution in [0.5, 0.6) is 0 Å². The summed E-state index contributed by atoms with van der Waals surface area (Å²) in [7, 11) is 0. The van der Waals surface area contributed by atoms with E-state index in [1.54, 1.807) is 18.2 Å². The number of benzene rings is 1. The molecular weight excluding hydrogens is 362 g/mol. The second kappa shape index (κ2) is 6.43. The molecule has 28 heavy (non-hydrogen) atoms. The van der Waals surface area contributed by atoms with E-state index in [0.717, 1.165) is 31.5 Å². The Kier molecular flexibility index (Phi) is 3.88. The van der Waals surface area contributed by atoms with Gasteiger partial charge in [-0.25, -0.2) is 4.79 Å². The lowest BCUT2D eigenvalue weighted by Crippen LogP contribution is -2.31. The maximum absolute atomic E-state index is 12.5. The number of hydrogen-bond donors (Lipinski definition) is 2. The van der Waals surface area contributed by atoms with Gasteiger partial charge in [-0.1, -0.05) is 5.16 Å². The second-order valence-electron chi connectivity index (χ2n) is 7.42. The van der Waals surface area contributed by atoms with Crippen LogP contribution in [-0.2, 0) is 6.42 Å². The van der Waals surface area contributed by atoms with E-state index in [0.29, 0.717) is 41.6 Å². The molecule has 9 nitrogen and oxygen atoms in total. The van der Waals surface area contributed by atoms with Crippen molar-refractivity contribution < 1.29 is 18.9 Å². The first-order chi connectivity index (χ1) is 13.6. The van der Waals surface area contributed by atoms with Gasteiger partial charge in [-0.15, -0.1) is 0 Å². The monoisotopic (exact) mass is 381 g/mol. The summed E-state index contributed by atoms with van der Waals surface area (Å²) in [6.07, 6.45) is 4.38. The van der Waals surface area contributed by atoms with E-state index in [4.69, 9.17) is 4.52 Å². The smallest absolute Gasteiger partial charge is 0.319 e. The summed E-state index contributed by atoms with van der Waals surface area (Å²) in [6.45, 7) is 0.343. The zero-order valence-electron chi connectivity index (χ0n) is 15.1. The summed E-state index contributed by atoms with van der Waals surface area (Å²) in [6, 6.07) is 4.39. The predicted octanol–water partition coefficient (Wildman–Crippen LogP) is 2.07. The van der Waals surface area contributed by atoms with Gasteiger partial charge in [-0.05, 0) is 43.9 Å². The first-order valence-corrected chi connectivity index (χ1v) is 9.49. The molecule has 0 atom stereocenters. The quantitative estimate of drug-likeness (QED) is 0.740. The molecule has 2 aromatic rings. The normalized spacial score (nSPS) is 18.4. The Balaban J connectivity index is 1.16. The molecule has 0 bridgehead atoms. The summed E-state index contributed by atoms with van der Waals surface area (Å²) in [5.41, 5.74) is 1.20. The topological polar surface area (TPSA) is 117 Å². The molecule has 9 heteroatoms. The number of fused-ring (bicyclic) bond motifs is 1. The minimum absolute atomic E-state index is 0.0252. The van der Waals surface area contributed by atoms with Crippen molar-refractivity contribution in [2.45, 2.75) is 44.1 Å². The van der Waals surface area contributed by atoms with E-state index in [9.17, 15) is 14.4 Å². The number of aromatic nitrogens is 2. The number of urea groups is 1. The van der Waals surface area contributed by atoms with Crippen LogP contribution in [0.1, 0.15) is 64.0 Å². The summed E-state index contributed by atoms with van der Waals surface area (Å²) < 4.78 is 5.17. The number of nitrogens with one attached hydrogen (secondary N) is 2. The van der Waals surface area contributed by atoms with Crippen LogP contribution in [0.25, 0.3) is 0 Å². The van der Waals surface area contributed by atoms with E-state index in [2.05, 4.69) is 20.8 Å². The fourth-order valence-electron chi connectivity index (χ4n) is 3.34. The first-order valence-electron chi connectivity index (χ1n) is 9.49. The number of hydrogen-bond acceptors (Lipinski definition) is 6. The van der Waals surface area contributed by atoms with Gasteiger partial charge >= 0.3 is 6.03 Å². The molecule has 2 saturated carbocycles. The highest BCUT2D eigenvalue weighted by Gasteiger charge is 2.44. The zero-order chi connectivity index (χ0) is 19.3. The van der Waals surface area contributed by atoms with Gasteiger partial charge in [-0.3, -0.25) is 14.5 Å². The Morgan fingerprint density at radius 2 is 1.93 bits per heavy atom. The lowest BCUT2D eigenvalue weighted by atomic mass is 10.1. The van der Waals surface area contributed by atoms with E-state index in [1.807, 2.05) is 0 Å². The van der Waals surface area contributed by atoms with Crippen LogP contribution >= 0.6 is 0 Å². The largest absolute Gasteiger partial charge is 0.339 e. The minimum atomic E-state index is -0.405. The maximum atomic E-state index is 12.5. The van der Waals surface area contributed by atoms with Gasteiger partial charge in [0.15, 0.2) is 5.82 Å². The summed E-state index contributed by atoms with van der Waals surface area (Å²) in [4.78, 5) is 42.5. The van der Waals surface area contributed by atoms with Gasteiger partial charge in [-0.2, -0.15) is 4.98 Å². The molecule has 2 fully saturated rings. The van der Waals surface area contributed by atoms with Gasteiger partial charge in [0.1, 0.15) is 0 Å². The highest BCUT2D eigenvalue weighted by atomic mass is 16.5. The van der Waals surface area contributed by atoms with Gasteiger partial charge in [0.2, 0.25) is 5.89 Å². The number of nitrogens with zero attached hydrogens (tertiary/aromatic N) is 3. The van der Waals surface area contributed by atoms with E-state index >= 15 is 0 Å². The van der Waals surface area contributed by atoms with Gasteiger partial charge < -0.3 is 15.2 Å². The number of anilines is 1. The van der Waals surface area contributed by atoms with Gasteiger partial charge in [0.25, 0.3) is 11.8 Å². The third kappa shape index (κ3) is 3.12. The molecule has 2 aliphatic carbocycles. The maximum Gasteiger partial charge on any atom is 0.319 e. The van der Waals surface area contributed by atoms with Crippen LogP contribution in [-0.4, -0.2) is 45.5 Å².